The number of nitrogens with zero attached hydrogens (tertiary/aromatic N) is 8. The lowest BCUT2D eigenvalue weighted by Gasteiger charge is -2.11. The van der Waals surface area contributed by atoms with Crippen molar-refractivity contribution in [1.82, 2.24) is 19.9 Å². The van der Waals surface area contributed by atoms with E-state index in [0.29, 0.717) is 16.6 Å². The molecule has 55 heavy (non-hydrogen) atoms. The highest BCUT2D eigenvalue weighted by Crippen LogP contribution is 2.41. The largest absolute Gasteiger partial charge is 0.505 e. The molecule has 23 heteroatoms. The third kappa shape index (κ3) is 8.63. The number of hydrogen-bond donors (Lipinski definition) is 5. The molecule has 0 aliphatic heterocycles. The summed E-state index contributed by atoms with van der Waals surface area (Å²) in [7, 11) is -9.77. The van der Waals surface area contributed by atoms with Crippen LogP contribution in [0.3, 0.4) is 0 Å². The van der Waals surface area contributed by atoms with E-state index in [-0.39, 0.29) is 51.8 Å². The van der Waals surface area contributed by atoms with Crippen LogP contribution in [0.1, 0.15) is 11.1 Å². The first-order valence-electron chi connectivity index (χ1n) is 15.1. The van der Waals surface area contributed by atoms with Gasteiger partial charge in [-0.3, -0.25) is 9.11 Å². The molecule has 0 aliphatic rings. The lowest BCUT2D eigenvalue weighted by Crippen LogP contribution is -2.09. The minimum atomic E-state index is -4.95. The normalized spacial score (nSPS) is 12.2. The fourth-order valence-electron chi connectivity index (χ4n) is 5.01. The van der Waals surface area contributed by atoms with Crippen LogP contribution >= 0.6 is 11.6 Å². The van der Waals surface area contributed by atoms with E-state index in [1.165, 1.54) is 36.4 Å². The number of azo groups is 2. The van der Waals surface area contributed by atoms with Gasteiger partial charge >= 0.3 is 0 Å². The third-order valence-electron chi connectivity index (χ3n) is 7.57. The number of phenols is 1. The van der Waals surface area contributed by atoms with E-state index in [9.17, 15) is 44.2 Å². The highest BCUT2D eigenvalue weighted by Gasteiger charge is 2.20. The Balaban J connectivity index is 1.25. The van der Waals surface area contributed by atoms with Crippen LogP contribution in [-0.4, -0.2) is 51.0 Å². The smallest absolute Gasteiger partial charge is 0.296 e. The number of fused-ring (bicyclic) bond motifs is 1. The molecule has 0 amide bonds. The summed E-state index contributed by atoms with van der Waals surface area (Å²) in [6.45, 7) is 1.30. The van der Waals surface area contributed by atoms with E-state index in [2.05, 4.69) is 51.0 Å². The molecule has 0 saturated carbocycles. The molecule has 0 bridgehead atoms. The predicted molar refractivity (Wildman–Crippen MR) is 191 cm³/mol. The number of rotatable bonds is 11. The molecule has 6 aromatic rings. The topological polar surface area (TPSA) is 254 Å². The highest BCUT2D eigenvalue weighted by molar-refractivity contribution is 7.86. The molecule has 0 radical (unpaired) electrons. The zero-order valence-corrected chi connectivity index (χ0v) is 29.9. The number of phenolic OH excluding ortho intramolecular Hbond substituents is 1. The Morgan fingerprint density at radius 1 is 0.745 bits per heavy atom. The minimum Gasteiger partial charge on any atom is -0.505 e. The number of benzene rings is 4. The van der Waals surface area contributed by atoms with Gasteiger partial charge in [-0.1, -0.05) is 17.7 Å². The van der Waals surface area contributed by atoms with Gasteiger partial charge in [0.25, 0.3) is 26.2 Å². The van der Waals surface area contributed by atoms with Crippen molar-refractivity contribution < 1.29 is 44.2 Å². The Kier molecular flexibility index (Phi) is 10.7. The molecular weight excluding hydrogens is 793 g/mol. The van der Waals surface area contributed by atoms with Crippen molar-refractivity contribution in [3.05, 3.63) is 107 Å². The van der Waals surface area contributed by atoms with Crippen LogP contribution in [-0.2, 0) is 26.8 Å². The zero-order valence-electron chi connectivity index (χ0n) is 27.5. The molecule has 2 heterocycles. The number of anilines is 3. The number of hydrogen-bond acceptors (Lipinski definition) is 15. The first-order chi connectivity index (χ1) is 26.0. The molecule has 0 atom stereocenters. The zero-order chi connectivity index (χ0) is 39.7. The SMILES string of the molecule is Cc1cc2cc(Nc3ncnc(F)c3F)ccc2c(O)c1N=Nc1ccc(N=Nc2ccc(CNc3ncnc(F)c3Cl)c(S(=O)(=O)O)c2)cc1S(=O)(=O)O. The second kappa shape index (κ2) is 15.3. The van der Waals surface area contributed by atoms with Gasteiger partial charge in [0.15, 0.2) is 17.4 Å². The molecule has 5 N–H and O–H groups in total. The van der Waals surface area contributed by atoms with Crippen molar-refractivity contribution in [3.8, 4) is 5.75 Å². The molecule has 2 aromatic heterocycles. The molecule has 0 unspecified atom stereocenters. The van der Waals surface area contributed by atoms with E-state index >= 15 is 0 Å². The van der Waals surface area contributed by atoms with Crippen LogP contribution in [0.15, 0.2) is 104 Å². The van der Waals surface area contributed by atoms with E-state index in [1.807, 2.05) is 0 Å². The summed E-state index contributed by atoms with van der Waals surface area (Å²) >= 11 is 5.82. The summed E-state index contributed by atoms with van der Waals surface area (Å²) in [5.74, 6) is -4.52. The van der Waals surface area contributed by atoms with Crippen LogP contribution in [0.4, 0.5) is 53.2 Å². The molecule has 17 nitrogen and oxygen atoms in total. The number of halogens is 4. The number of aromatic nitrogens is 4. The average Bonchev–Trinajstić information content (AvgIpc) is 3.12. The average molecular weight is 815 g/mol. The number of aryl methyl sites for hydroxylation is 1. The highest BCUT2D eigenvalue weighted by atomic mass is 35.5. The Bertz CT molecular complexity index is 2800. The lowest BCUT2D eigenvalue weighted by molar-refractivity contribution is 0.476. The maximum Gasteiger partial charge on any atom is 0.296 e. The fraction of sp³-hybridized carbons (Fsp3) is 0.0625. The summed E-state index contributed by atoms with van der Waals surface area (Å²) in [4.78, 5) is 12.5. The quantitative estimate of drug-likeness (QED) is 0.0470. The van der Waals surface area contributed by atoms with Gasteiger partial charge in [-0.15, -0.1) is 10.2 Å². The van der Waals surface area contributed by atoms with E-state index in [1.54, 1.807) is 13.0 Å². The van der Waals surface area contributed by atoms with Crippen LogP contribution in [0, 0.1) is 24.6 Å². The molecule has 4 aromatic carbocycles. The molecular formula is C32H22ClF3N10O7S2. The number of nitrogens with one attached hydrogen (secondary N) is 2. The van der Waals surface area contributed by atoms with Crippen LogP contribution in [0.2, 0.25) is 5.02 Å². The van der Waals surface area contributed by atoms with Gasteiger partial charge in [0.05, 0.1) is 11.4 Å². The second-order valence-corrected chi connectivity index (χ2v) is 14.4. The van der Waals surface area contributed by atoms with E-state index in [4.69, 9.17) is 11.6 Å². The molecule has 6 rings (SSSR count). The van der Waals surface area contributed by atoms with Crippen LogP contribution in [0.5, 0.6) is 5.75 Å². The third-order valence-corrected chi connectivity index (χ3v) is 9.72. The molecule has 0 saturated heterocycles. The van der Waals surface area contributed by atoms with Crippen molar-refractivity contribution >= 4 is 82.7 Å². The van der Waals surface area contributed by atoms with Gasteiger partial charge in [0.2, 0.25) is 11.8 Å². The first-order valence-corrected chi connectivity index (χ1v) is 18.4. The van der Waals surface area contributed by atoms with Gasteiger partial charge in [-0.05, 0) is 78.0 Å². The van der Waals surface area contributed by atoms with Gasteiger partial charge < -0.3 is 15.7 Å². The van der Waals surface area contributed by atoms with E-state index in [0.717, 1.165) is 30.9 Å². The summed E-state index contributed by atoms with van der Waals surface area (Å²) < 4.78 is 110. The molecule has 0 spiro atoms. The second-order valence-electron chi connectivity index (χ2n) is 11.3. The molecule has 0 aliphatic carbocycles. The number of aromatic hydroxyl groups is 1. The summed E-state index contributed by atoms with van der Waals surface area (Å²) in [6, 6.07) is 12.9. The van der Waals surface area contributed by atoms with Crippen molar-refractivity contribution in [1.29, 1.82) is 0 Å². The Labute approximate surface area is 313 Å². The maximum absolute atomic E-state index is 14.1. The Morgan fingerprint density at radius 2 is 1.38 bits per heavy atom. The van der Waals surface area contributed by atoms with Gasteiger partial charge in [0.1, 0.15) is 38.8 Å². The molecule has 282 valence electrons. The van der Waals surface area contributed by atoms with Crippen molar-refractivity contribution in [2.45, 2.75) is 23.3 Å². The molecule has 0 fully saturated rings. The van der Waals surface area contributed by atoms with Crippen LogP contribution in [0.25, 0.3) is 10.8 Å². The predicted octanol–water partition coefficient (Wildman–Crippen LogP) is 8.18. The van der Waals surface area contributed by atoms with Gasteiger partial charge in [0, 0.05) is 17.6 Å². The van der Waals surface area contributed by atoms with Gasteiger partial charge in [-0.2, -0.15) is 40.2 Å². The summed E-state index contributed by atoms with van der Waals surface area (Å²) in [5, 5.41) is 32.4. The van der Waals surface area contributed by atoms with Gasteiger partial charge in [-0.25, -0.2) is 19.9 Å². The van der Waals surface area contributed by atoms with Crippen molar-refractivity contribution in [2.75, 3.05) is 10.6 Å². The van der Waals surface area contributed by atoms with E-state index < -0.39 is 58.6 Å². The summed E-state index contributed by atoms with van der Waals surface area (Å²) in [6.07, 6.45) is 1.74. The fourth-order valence-corrected chi connectivity index (χ4v) is 6.55. The lowest BCUT2D eigenvalue weighted by atomic mass is 10.0. The summed E-state index contributed by atoms with van der Waals surface area (Å²) in [5.41, 5.74) is 0.0603. The van der Waals surface area contributed by atoms with Crippen molar-refractivity contribution in [2.24, 2.45) is 20.5 Å². The maximum atomic E-state index is 14.1. The van der Waals surface area contributed by atoms with Crippen LogP contribution < -0.4 is 10.6 Å². The first kappa shape index (κ1) is 38.5. The minimum absolute atomic E-state index is 0.0161. The Morgan fingerprint density at radius 3 is 2.07 bits per heavy atom. The standard InChI is InChI=1S/C32H22ClF3N10O7S2/c1-15-8-17-9-18(42-32-26(34)30(36)39-14-41-32)4-6-21(17)28(47)27(15)46-45-22-7-5-20(11-24(22)55(51,52)53)44-43-19-3-2-16(23(10-19)54(48,49)50)12-37-31-25(33)29(35)38-13-40-31/h2-11,13-14,47H,12H2,1H3,(H,37,38,40)(H,39,41,42)(H,48,49,50)(H,51,52,53). The monoisotopic (exact) mass is 814 g/mol. The van der Waals surface area contributed by atoms with Crippen molar-refractivity contribution in [3.63, 3.8) is 0 Å². The Hall–Kier alpha value is -6.20.